The Kier molecular flexibility index (Phi) is 1.92. The Morgan fingerprint density at radius 1 is 1.43 bits per heavy atom. The van der Waals surface area contributed by atoms with Crippen LogP contribution in [0.4, 0.5) is 5.69 Å². The Morgan fingerprint density at radius 3 is 2.64 bits per heavy atom. The number of benzene rings is 1. The average molecular weight is 193 g/mol. The SMILES string of the molecule is O=C1C[C@@H](c2ccccc2[N+](=O)[O-])O1. The summed E-state index contributed by atoms with van der Waals surface area (Å²) in [5.41, 5.74) is 0.474. The van der Waals surface area contributed by atoms with Crippen molar-refractivity contribution in [3.05, 3.63) is 39.9 Å². The van der Waals surface area contributed by atoms with Gasteiger partial charge in [-0.25, -0.2) is 0 Å². The van der Waals surface area contributed by atoms with Crippen molar-refractivity contribution in [1.29, 1.82) is 0 Å². The number of carbonyl (C=O) groups is 1. The summed E-state index contributed by atoms with van der Waals surface area (Å²) in [5, 5.41) is 10.6. The van der Waals surface area contributed by atoms with Gasteiger partial charge in [-0.2, -0.15) is 0 Å². The Morgan fingerprint density at radius 2 is 2.07 bits per heavy atom. The molecule has 0 N–H and O–H groups in total. The maximum atomic E-state index is 10.6. The van der Waals surface area contributed by atoms with Gasteiger partial charge in [0.05, 0.1) is 16.9 Å². The lowest BCUT2D eigenvalue weighted by Crippen LogP contribution is -2.25. The fourth-order valence-corrected chi connectivity index (χ4v) is 1.40. The van der Waals surface area contributed by atoms with Crippen LogP contribution in [0.1, 0.15) is 18.1 Å². The van der Waals surface area contributed by atoms with Crippen molar-refractivity contribution >= 4 is 11.7 Å². The van der Waals surface area contributed by atoms with Crippen molar-refractivity contribution in [2.45, 2.75) is 12.5 Å². The number of esters is 1. The number of ether oxygens (including phenoxy) is 1. The minimum Gasteiger partial charge on any atom is -0.456 e. The van der Waals surface area contributed by atoms with E-state index in [1.807, 2.05) is 0 Å². The smallest absolute Gasteiger partial charge is 0.310 e. The molecule has 0 unspecified atom stereocenters. The molecule has 0 aliphatic carbocycles. The van der Waals surface area contributed by atoms with E-state index < -0.39 is 11.0 Å². The molecule has 0 aromatic heterocycles. The molecule has 0 saturated carbocycles. The molecule has 2 rings (SSSR count). The molecule has 1 aromatic rings. The molecule has 1 fully saturated rings. The molecule has 0 bridgehead atoms. The number of nitro groups is 1. The van der Waals surface area contributed by atoms with Crippen molar-refractivity contribution in [3.63, 3.8) is 0 Å². The van der Waals surface area contributed by atoms with Crippen molar-refractivity contribution in [2.75, 3.05) is 0 Å². The van der Waals surface area contributed by atoms with E-state index in [4.69, 9.17) is 4.74 Å². The monoisotopic (exact) mass is 193 g/mol. The number of carbonyl (C=O) groups excluding carboxylic acids is 1. The van der Waals surface area contributed by atoms with E-state index >= 15 is 0 Å². The molecule has 14 heavy (non-hydrogen) atoms. The van der Waals surface area contributed by atoms with Crippen molar-refractivity contribution in [1.82, 2.24) is 0 Å². The number of hydrogen-bond donors (Lipinski definition) is 0. The molecule has 1 aromatic carbocycles. The second kappa shape index (κ2) is 3.10. The standard InChI is InChI=1S/C9H7NO4/c11-9-5-8(14-9)6-3-1-2-4-7(6)10(12)13/h1-4,8H,5H2/t8-/m0/s1. The number of nitro benzene ring substituents is 1. The lowest BCUT2D eigenvalue weighted by molar-refractivity contribution is -0.386. The molecule has 5 nitrogen and oxygen atoms in total. The minimum atomic E-state index is -0.471. The third kappa shape index (κ3) is 1.32. The zero-order valence-electron chi connectivity index (χ0n) is 7.17. The number of rotatable bonds is 2. The Hall–Kier alpha value is -1.91. The first-order chi connectivity index (χ1) is 6.68. The van der Waals surface area contributed by atoms with E-state index in [1.54, 1.807) is 18.2 Å². The zero-order chi connectivity index (χ0) is 10.1. The summed E-state index contributed by atoms with van der Waals surface area (Å²) in [5.74, 6) is -0.312. The van der Waals surface area contributed by atoms with E-state index in [-0.39, 0.29) is 18.1 Å². The molecule has 1 saturated heterocycles. The lowest BCUT2D eigenvalue weighted by Gasteiger charge is -2.25. The van der Waals surface area contributed by atoms with Crippen LogP contribution >= 0.6 is 0 Å². The summed E-state index contributed by atoms with van der Waals surface area (Å²) in [6.45, 7) is 0. The molecule has 1 aliphatic heterocycles. The Labute approximate surface area is 79.4 Å². The molecule has 0 amide bonds. The molecule has 1 heterocycles. The first-order valence-electron chi connectivity index (χ1n) is 4.11. The highest BCUT2D eigenvalue weighted by atomic mass is 16.6. The molecule has 0 radical (unpaired) electrons. The van der Waals surface area contributed by atoms with Crippen LogP contribution in [-0.4, -0.2) is 10.9 Å². The van der Waals surface area contributed by atoms with Crippen LogP contribution in [0.3, 0.4) is 0 Å². The lowest BCUT2D eigenvalue weighted by atomic mass is 10.0. The van der Waals surface area contributed by atoms with Crippen LogP contribution in [0.25, 0.3) is 0 Å². The highest BCUT2D eigenvalue weighted by Crippen LogP contribution is 2.35. The van der Waals surface area contributed by atoms with E-state index in [2.05, 4.69) is 0 Å². The Balaban J connectivity index is 2.32. The molecule has 72 valence electrons. The highest BCUT2D eigenvalue weighted by Gasteiger charge is 2.34. The first kappa shape index (κ1) is 8.68. The average Bonchev–Trinajstić information content (AvgIpc) is 2.13. The summed E-state index contributed by atoms with van der Waals surface area (Å²) in [7, 11) is 0. The van der Waals surface area contributed by atoms with Gasteiger partial charge in [0, 0.05) is 6.07 Å². The quantitative estimate of drug-likeness (QED) is 0.406. The number of para-hydroxylation sites is 1. The van der Waals surface area contributed by atoms with Gasteiger partial charge >= 0.3 is 5.97 Å². The van der Waals surface area contributed by atoms with E-state index in [0.717, 1.165) is 0 Å². The van der Waals surface area contributed by atoms with Crippen LogP contribution in [0.2, 0.25) is 0 Å². The summed E-state index contributed by atoms with van der Waals surface area (Å²) in [6.07, 6.45) is -0.214. The van der Waals surface area contributed by atoms with Crippen molar-refractivity contribution < 1.29 is 14.5 Å². The van der Waals surface area contributed by atoms with Crippen molar-refractivity contribution in [2.24, 2.45) is 0 Å². The normalized spacial score (nSPS) is 19.7. The fraction of sp³-hybridized carbons (Fsp3) is 0.222. The third-order valence-corrected chi connectivity index (χ3v) is 2.11. The molecular weight excluding hydrogens is 186 g/mol. The summed E-state index contributed by atoms with van der Waals surface area (Å²) >= 11 is 0. The largest absolute Gasteiger partial charge is 0.456 e. The number of nitrogens with zero attached hydrogens (tertiary/aromatic N) is 1. The predicted molar refractivity (Wildman–Crippen MR) is 46.5 cm³/mol. The molecule has 5 heteroatoms. The predicted octanol–water partition coefficient (Wildman–Crippen LogP) is 1.58. The van der Waals surface area contributed by atoms with Gasteiger partial charge < -0.3 is 4.74 Å². The van der Waals surface area contributed by atoms with Gasteiger partial charge in [0.2, 0.25) is 0 Å². The van der Waals surface area contributed by atoms with Crippen molar-refractivity contribution in [3.8, 4) is 0 Å². The zero-order valence-corrected chi connectivity index (χ0v) is 7.17. The third-order valence-electron chi connectivity index (χ3n) is 2.11. The van der Waals surface area contributed by atoms with Gasteiger partial charge in [-0.15, -0.1) is 0 Å². The second-order valence-electron chi connectivity index (χ2n) is 3.00. The van der Waals surface area contributed by atoms with E-state index in [1.165, 1.54) is 6.07 Å². The summed E-state index contributed by atoms with van der Waals surface area (Å²) < 4.78 is 4.77. The highest BCUT2D eigenvalue weighted by molar-refractivity contribution is 5.76. The minimum absolute atomic E-state index is 0.00463. The molecule has 1 aliphatic rings. The Bertz CT molecular complexity index is 394. The van der Waals surface area contributed by atoms with Gasteiger partial charge in [0.15, 0.2) is 0 Å². The van der Waals surface area contributed by atoms with Crippen LogP contribution in [-0.2, 0) is 9.53 Å². The van der Waals surface area contributed by atoms with Gasteiger partial charge in [0.25, 0.3) is 5.69 Å². The fourth-order valence-electron chi connectivity index (χ4n) is 1.40. The van der Waals surface area contributed by atoms with Crippen LogP contribution in [0.15, 0.2) is 24.3 Å². The van der Waals surface area contributed by atoms with E-state index in [9.17, 15) is 14.9 Å². The second-order valence-corrected chi connectivity index (χ2v) is 3.00. The molecule has 1 atom stereocenters. The van der Waals surface area contributed by atoms with Crippen LogP contribution in [0.5, 0.6) is 0 Å². The van der Waals surface area contributed by atoms with Crippen LogP contribution < -0.4 is 0 Å². The summed E-state index contributed by atoms with van der Waals surface area (Å²) in [6, 6.07) is 6.29. The van der Waals surface area contributed by atoms with Gasteiger partial charge in [-0.1, -0.05) is 12.1 Å². The number of cyclic esters (lactones) is 1. The van der Waals surface area contributed by atoms with Gasteiger partial charge in [-0.3, -0.25) is 14.9 Å². The first-order valence-corrected chi connectivity index (χ1v) is 4.11. The topological polar surface area (TPSA) is 69.4 Å². The van der Waals surface area contributed by atoms with E-state index in [0.29, 0.717) is 5.56 Å². The van der Waals surface area contributed by atoms with Gasteiger partial charge in [-0.05, 0) is 6.07 Å². The van der Waals surface area contributed by atoms with Crippen LogP contribution in [0, 0.1) is 10.1 Å². The maximum absolute atomic E-state index is 10.6. The molecule has 0 spiro atoms. The summed E-state index contributed by atoms with van der Waals surface area (Å²) in [4.78, 5) is 20.7. The van der Waals surface area contributed by atoms with Gasteiger partial charge in [0.1, 0.15) is 6.10 Å². The maximum Gasteiger partial charge on any atom is 0.310 e. The molecular formula is C9H7NO4. The number of hydrogen-bond acceptors (Lipinski definition) is 4.